The molecule has 0 bridgehead atoms. The summed E-state index contributed by atoms with van der Waals surface area (Å²) in [4.78, 5) is 12.5. The van der Waals surface area contributed by atoms with Gasteiger partial charge in [-0.1, -0.05) is 38.5 Å². The van der Waals surface area contributed by atoms with E-state index in [9.17, 15) is 9.90 Å². The number of aliphatic hydroxyl groups is 1. The average molecular weight is 268 g/mol. The third-order valence-corrected chi connectivity index (χ3v) is 5.05. The molecule has 0 aromatic carbocycles. The predicted octanol–water partition coefficient (Wildman–Crippen LogP) is 1.71. The highest BCUT2D eigenvalue weighted by molar-refractivity contribution is 5.83. The third-order valence-electron chi connectivity index (χ3n) is 5.05. The number of hydrogen-bond acceptors (Lipinski definition) is 3. The van der Waals surface area contributed by atoms with Crippen molar-refractivity contribution in [2.75, 3.05) is 13.1 Å². The Bertz CT molecular complexity index is 303. The molecule has 0 saturated heterocycles. The van der Waals surface area contributed by atoms with E-state index < -0.39 is 5.60 Å². The summed E-state index contributed by atoms with van der Waals surface area (Å²) in [5.74, 6) is 0.0669. The summed E-state index contributed by atoms with van der Waals surface area (Å²) in [6.45, 7) is 0.824. The molecule has 2 aliphatic rings. The summed E-state index contributed by atoms with van der Waals surface area (Å²) in [5, 5.41) is 13.3. The van der Waals surface area contributed by atoms with Gasteiger partial charge in [0.2, 0.25) is 5.91 Å². The molecule has 2 aliphatic carbocycles. The van der Waals surface area contributed by atoms with E-state index in [1.807, 2.05) is 0 Å². The topological polar surface area (TPSA) is 75.4 Å². The van der Waals surface area contributed by atoms with Crippen molar-refractivity contribution in [3.8, 4) is 0 Å². The van der Waals surface area contributed by atoms with E-state index in [0.717, 1.165) is 51.4 Å². The zero-order chi connectivity index (χ0) is 13.8. The maximum Gasteiger partial charge on any atom is 0.227 e. The molecule has 110 valence electrons. The SMILES string of the molecule is NCC1(C(=O)NCC2(O)CCCC2)CCCCCC1. The van der Waals surface area contributed by atoms with Gasteiger partial charge in [-0.2, -0.15) is 0 Å². The molecule has 0 radical (unpaired) electrons. The van der Waals surface area contributed by atoms with Crippen LogP contribution in [-0.4, -0.2) is 29.7 Å². The molecule has 0 spiro atoms. The van der Waals surface area contributed by atoms with Gasteiger partial charge in [-0.05, 0) is 25.7 Å². The van der Waals surface area contributed by atoms with Gasteiger partial charge in [0.05, 0.1) is 11.0 Å². The van der Waals surface area contributed by atoms with E-state index >= 15 is 0 Å². The van der Waals surface area contributed by atoms with Gasteiger partial charge in [-0.25, -0.2) is 0 Å². The fraction of sp³-hybridized carbons (Fsp3) is 0.933. The van der Waals surface area contributed by atoms with Gasteiger partial charge >= 0.3 is 0 Å². The van der Waals surface area contributed by atoms with Crippen LogP contribution in [0.1, 0.15) is 64.2 Å². The third kappa shape index (κ3) is 3.48. The minimum absolute atomic E-state index is 0.0669. The first-order chi connectivity index (χ1) is 9.10. The summed E-state index contributed by atoms with van der Waals surface area (Å²) >= 11 is 0. The second-order valence-electron chi connectivity index (χ2n) is 6.51. The van der Waals surface area contributed by atoms with Gasteiger partial charge in [-0.3, -0.25) is 4.79 Å². The number of rotatable bonds is 4. The Balaban J connectivity index is 1.92. The first kappa shape index (κ1) is 14.8. The summed E-state index contributed by atoms with van der Waals surface area (Å²) in [6.07, 6.45) is 10.1. The Morgan fingerprint density at radius 2 is 1.53 bits per heavy atom. The molecule has 0 heterocycles. The van der Waals surface area contributed by atoms with E-state index in [-0.39, 0.29) is 11.3 Å². The number of nitrogens with one attached hydrogen (secondary N) is 1. The molecule has 0 aliphatic heterocycles. The van der Waals surface area contributed by atoms with Gasteiger partial charge in [0, 0.05) is 13.1 Å². The van der Waals surface area contributed by atoms with Crippen LogP contribution in [0.2, 0.25) is 0 Å². The lowest BCUT2D eigenvalue weighted by atomic mass is 9.79. The van der Waals surface area contributed by atoms with Crippen LogP contribution in [-0.2, 0) is 4.79 Å². The van der Waals surface area contributed by atoms with Crippen molar-refractivity contribution >= 4 is 5.91 Å². The number of carbonyl (C=O) groups is 1. The number of nitrogens with two attached hydrogens (primary N) is 1. The summed E-state index contributed by atoms with van der Waals surface area (Å²) in [5.41, 5.74) is 4.85. The van der Waals surface area contributed by atoms with Crippen molar-refractivity contribution in [1.29, 1.82) is 0 Å². The Morgan fingerprint density at radius 3 is 2.05 bits per heavy atom. The van der Waals surface area contributed by atoms with Crippen LogP contribution < -0.4 is 11.1 Å². The minimum atomic E-state index is -0.670. The fourth-order valence-electron chi connectivity index (χ4n) is 3.57. The zero-order valence-corrected chi connectivity index (χ0v) is 11.9. The fourth-order valence-corrected chi connectivity index (χ4v) is 3.57. The second kappa shape index (κ2) is 6.23. The van der Waals surface area contributed by atoms with E-state index in [4.69, 9.17) is 5.73 Å². The van der Waals surface area contributed by atoms with E-state index in [1.165, 1.54) is 12.8 Å². The van der Waals surface area contributed by atoms with Crippen LogP contribution in [0, 0.1) is 5.41 Å². The molecule has 4 heteroatoms. The summed E-state index contributed by atoms with van der Waals surface area (Å²) < 4.78 is 0. The zero-order valence-electron chi connectivity index (χ0n) is 11.9. The number of carbonyl (C=O) groups excluding carboxylic acids is 1. The normalized spacial score (nSPS) is 25.8. The van der Waals surface area contributed by atoms with E-state index in [1.54, 1.807) is 0 Å². The van der Waals surface area contributed by atoms with Crippen LogP contribution in [0.25, 0.3) is 0 Å². The summed E-state index contributed by atoms with van der Waals surface area (Å²) in [6, 6.07) is 0. The quantitative estimate of drug-likeness (QED) is 0.679. The first-order valence-electron chi connectivity index (χ1n) is 7.81. The largest absolute Gasteiger partial charge is 0.388 e. The smallest absolute Gasteiger partial charge is 0.227 e. The average Bonchev–Trinajstić information content (AvgIpc) is 2.71. The first-order valence-corrected chi connectivity index (χ1v) is 7.81. The molecule has 2 saturated carbocycles. The highest BCUT2D eigenvalue weighted by atomic mass is 16.3. The molecule has 0 aromatic heterocycles. The van der Waals surface area contributed by atoms with Crippen molar-refractivity contribution in [3.63, 3.8) is 0 Å². The lowest BCUT2D eigenvalue weighted by Crippen LogP contribution is -2.50. The lowest BCUT2D eigenvalue weighted by Gasteiger charge is -2.32. The van der Waals surface area contributed by atoms with Crippen molar-refractivity contribution < 1.29 is 9.90 Å². The number of hydrogen-bond donors (Lipinski definition) is 3. The molecular weight excluding hydrogens is 240 g/mol. The Hall–Kier alpha value is -0.610. The molecule has 2 rings (SSSR count). The Kier molecular flexibility index (Phi) is 4.85. The van der Waals surface area contributed by atoms with Crippen LogP contribution in [0.15, 0.2) is 0 Å². The van der Waals surface area contributed by atoms with Crippen LogP contribution in [0.4, 0.5) is 0 Å². The highest BCUT2D eigenvalue weighted by Crippen LogP contribution is 2.35. The highest BCUT2D eigenvalue weighted by Gasteiger charge is 2.39. The monoisotopic (exact) mass is 268 g/mol. The Morgan fingerprint density at radius 1 is 1.00 bits per heavy atom. The van der Waals surface area contributed by atoms with Crippen LogP contribution in [0.3, 0.4) is 0 Å². The molecule has 0 atom stereocenters. The van der Waals surface area contributed by atoms with Crippen molar-refractivity contribution in [2.24, 2.45) is 11.1 Å². The second-order valence-corrected chi connectivity index (χ2v) is 6.51. The Labute approximate surface area is 116 Å². The van der Waals surface area contributed by atoms with Crippen molar-refractivity contribution in [2.45, 2.75) is 69.8 Å². The maximum absolute atomic E-state index is 12.5. The van der Waals surface area contributed by atoms with Crippen molar-refractivity contribution in [1.82, 2.24) is 5.32 Å². The van der Waals surface area contributed by atoms with Gasteiger partial charge in [0.15, 0.2) is 0 Å². The molecule has 0 aromatic rings. The molecule has 2 fully saturated rings. The van der Waals surface area contributed by atoms with Crippen LogP contribution in [0.5, 0.6) is 0 Å². The van der Waals surface area contributed by atoms with Crippen molar-refractivity contribution in [3.05, 3.63) is 0 Å². The van der Waals surface area contributed by atoms with Gasteiger partial charge in [0.1, 0.15) is 0 Å². The lowest BCUT2D eigenvalue weighted by molar-refractivity contribution is -0.132. The molecule has 0 unspecified atom stereocenters. The summed E-state index contributed by atoms with van der Waals surface area (Å²) in [7, 11) is 0. The van der Waals surface area contributed by atoms with Gasteiger partial charge in [0.25, 0.3) is 0 Å². The maximum atomic E-state index is 12.5. The van der Waals surface area contributed by atoms with E-state index in [0.29, 0.717) is 13.1 Å². The van der Waals surface area contributed by atoms with Gasteiger partial charge in [-0.15, -0.1) is 0 Å². The molecule has 1 amide bonds. The number of amides is 1. The minimum Gasteiger partial charge on any atom is -0.388 e. The molecule has 4 nitrogen and oxygen atoms in total. The van der Waals surface area contributed by atoms with Gasteiger partial charge < -0.3 is 16.2 Å². The van der Waals surface area contributed by atoms with Crippen LogP contribution >= 0.6 is 0 Å². The predicted molar refractivity (Wildman–Crippen MR) is 75.6 cm³/mol. The van der Waals surface area contributed by atoms with E-state index in [2.05, 4.69) is 5.32 Å². The molecule has 4 N–H and O–H groups in total. The standard InChI is InChI=1S/C15H28N2O2/c16-11-14(7-3-1-2-4-8-14)13(18)17-12-15(19)9-5-6-10-15/h19H,1-12,16H2,(H,17,18). The molecular formula is C15H28N2O2. The molecule has 19 heavy (non-hydrogen) atoms.